The lowest BCUT2D eigenvalue weighted by atomic mass is 10.1. The van der Waals surface area contributed by atoms with Crippen LogP contribution in [0.25, 0.3) is 10.9 Å². The Balaban J connectivity index is 0.00000225. The van der Waals surface area contributed by atoms with Gasteiger partial charge in [-0.15, -0.1) is 0 Å². The third-order valence-corrected chi connectivity index (χ3v) is 3.99. The predicted molar refractivity (Wildman–Crippen MR) is 103 cm³/mol. The molecule has 0 unspecified atom stereocenters. The van der Waals surface area contributed by atoms with Crippen LogP contribution < -0.4 is 10.1 Å². The van der Waals surface area contributed by atoms with Crippen molar-refractivity contribution in [3.05, 3.63) is 65.9 Å². The van der Waals surface area contributed by atoms with Gasteiger partial charge < -0.3 is 15.0 Å². The van der Waals surface area contributed by atoms with Crippen molar-refractivity contribution in [3.63, 3.8) is 0 Å². The normalized spacial score (nSPS) is 11.6. The fourth-order valence-corrected chi connectivity index (χ4v) is 2.88. The van der Waals surface area contributed by atoms with Crippen LogP contribution in [0.1, 0.15) is 37.2 Å². The van der Waals surface area contributed by atoms with Gasteiger partial charge in [0.15, 0.2) is 0 Å². The number of carbonyl (C=O) groups excluding carboxylic acids is 1. The summed E-state index contributed by atoms with van der Waals surface area (Å²) in [6.45, 7) is 4.53. The molecule has 0 aliphatic carbocycles. The largest absolute Gasteiger partial charge is 0.494 e. The molecule has 3 rings (SSSR count). The molecule has 1 aromatic heterocycles. The number of hydrogen-bond acceptors (Lipinski definition) is 2. The highest BCUT2D eigenvalue weighted by Crippen LogP contribution is 2.19. The number of hydrogen-bond donors (Lipinski definition) is 2. The highest BCUT2D eigenvalue weighted by molar-refractivity contribution is 5.94. The highest BCUT2D eigenvalue weighted by Gasteiger charge is 2.13. The first-order chi connectivity index (χ1) is 11.7. The zero-order chi connectivity index (χ0) is 16.9. The van der Waals surface area contributed by atoms with Crippen LogP contribution >= 0.6 is 0 Å². The van der Waals surface area contributed by atoms with Crippen LogP contribution in [0.2, 0.25) is 0 Å². The molecular formula is C21H26N2O2. The van der Waals surface area contributed by atoms with Crippen molar-refractivity contribution in [2.45, 2.75) is 33.7 Å². The smallest absolute Gasteiger partial charge is 0.251 e. The van der Waals surface area contributed by atoms with Crippen molar-refractivity contribution in [2.24, 2.45) is 0 Å². The van der Waals surface area contributed by atoms with Gasteiger partial charge in [-0.2, -0.15) is 0 Å². The zero-order valence-corrected chi connectivity index (χ0v) is 14.0. The molecule has 0 bridgehead atoms. The summed E-state index contributed by atoms with van der Waals surface area (Å²) in [5.74, 6) is 0.637. The first-order valence-corrected chi connectivity index (χ1v) is 8.26. The maximum atomic E-state index is 12.4. The van der Waals surface area contributed by atoms with Crippen LogP contribution in [0, 0.1) is 0 Å². The number of ether oxygens (including phenoxy) is 1. The molecule has 132 valence electrons. The van der Waals surface area contributed by atoms with Gasteiger partial charge in [0.25, 0.3) is 5.91 Å². The lowest BCUT2D eigenvalue weighted by Gasteiger charge is -2.14. The fourth-order valence-electron chi connectivity index (χ4n) is 2.88. The summed E-state index contributed by atoms with van der Waals surface area (Å²) in [5, 5.41) is 4.27. The number of carbonyl (C=O) groups is 1. The minimum absolute atomic E-state index is 0. The zero-order valence-electron chi connectivity index (χ0n) is 14.0. The van der Waals surface area contributed by atoms with Gasteiger partial charge in [0.05, 0.1) is 6.61 Å². The molecule has 0 aliphatic heterocycles. The van der Waals surface area contributed by atoms with Crippen molar-refractivity contribution >= 4 is 16.8 Å². The van der Waals surface area contributed by atoms with E-state index in [9.17, 15) is 4.79 Å². The summed E-state index contributed by atoms with van der Waals surface area (Å²) < 4.78 is 5.45. The quantitative estimate of drug-likeness (QED) is 0.692. The van der Waals surface area contributed by atoms with Crippen molar-refractivity contribution in [1.29, 1.82) is 0 Å². The number of benzene rings is 2. The second-order valence-corrected chi connectivity index (χ2v) is 5.90. The van der Waals surface area contributed by atoms with E-state index in [0.29, 0.717) is 12.2 Å². The second kappa shape index (κ2) is 8.38. The molecule has 0 aliphatic rings. The van der Waals surface area contributed by atoms with E-state index >= 15 is 0 Å². The topological polar surface area (TPSA) is 54.1 Å². The summed E-state index contributed by atoms with van der Waals surface area (Å²) in [7, 11) is 0. The Morgan fingerprint density at radius 1 is 1.20 bits per heavy atom. The van der Waals surface area contributed by atoms with Crippen molar-refractivity contribution in [2.75, 3.05) is 6.61 Å². The summed E-state index contributed by atoms with van der Waals surface area (Å²) >= 11 is 0. The van der Waals surface area contributed by atoms with Gasteiger partial charge in [-0.25, -0.2) is 0 Å². The minimum Gasteiger partial charge on any atom is -0.494 e. The second-order valence-electron chi connectivity index (χ2n) is 5.90. The average Bonchev–Trinajstić information content (AvgIpc) is 2.98. The first-order valence-electron chi connectivity index (χ1n) is 8.26. The summed E-state index contributed by atoms with van der Waals surface area (Å²) in [6.07, 6.45) is 2.80. The SMILES string of the molecule is C.CCOc1cccc(C(=O)N[C@H](C)Cc2c[nH]c3ccccc23)c1. The van der Waals surface area contributed by atoms with E-state index in [1.807, 2.05) is 44.3 Å². The molecule has 3 aromatic rings. The third-order valence-electron chi connectivity index (χ3n) is 3.99. The van der Waals surface area contributed by atoms with Crippen LogP contribution in [0.3, 0.4) is 0 Å². The van der Waals surface area contributed by atoms with Gasteiger partial charge in [0.2, 0.25) is 0 Å². The molecule has 2 N–H and O–H groups in total. The summed E-state index contributed by atoms with van der Waals surface area (Å²) in [6, 6.07) is 15.5. The molecule has 0 saturated carbocycles. The molecular weight excluding hydrogens is 312 g/mol. The molecule has 4 heteroatoms. The van der Waals surface area contributed by atoms with Crippen LogP contribution in [0.5, 0.6) is 5.75 Å². The van der Waals surface area contributed by atoms with Gasteiger partial charge in [-0.1, -0.05) is 31.7 Å². The van der Waals surface area contributed by atoms with Gasteiger partial charge in [0, 0.05) is 28.7 Å². The number of H-pyrrole nitrogens is 1. The number of amides is 1. The highest BCUT2D eigenvalue weighted by atomic mass is 16.5. The van der Waals surface area contributed by atoms with E-state index in [4.69, 9.17) is 4.74 Å². The molecule has 1 atom stereocenters. The number of aromatic amines is 1. The van der Waals surface area contributed by atoms with Gasteiger partial charge >= 0.3 is 0 Å². The minimum atomic E-state index is -0.0797. The number of nitrogens with one attached hydrogen (secondary N) is 2. The molecule has 0 radical (unpaired) electrons. The molecule has 1 heterocycles. The van der Waals surface area contributed by atoms with E-state index in [1.54, 1.807) is 12.1 Å². The Hall–Kier alpha value is -2.75. The summed E-state index contributed by atoms with van der Waals surface area (Å²) in [4.78, 5) is 15.7. The number of para-hydroxylation sites is 1. The van der Waals surface area contributed by atoms with Crippen molar-refractivity contribution < 1.29 is 9.53 Å². The van der Waals surface area contributed by atoms with E-state index in [1.165, 1.54) is 10.9 Å². The Kier molecular flexibility index (Phi) is 6.23. The molecule has 1 amide bonds. The number of aromatic nitrogens is 1. The number of fused-ring (bicyclic) bond motifs is 1. The monoisotopic (exact) mass is 338 g/mol. The standard InChI is InChI=1S/C20H22N2O2.CH4/c1-3-24-17-8-6-7-15(12-17)20(23)22-14(2)11-16-13-21-19-10-5-4-9-18(16)19;/h4-10,12-14,21H,3,11H2,1-2H3,(H,22,23);1H4/t14-;/m1./s1. The van der Waals surface area contributed by atoms with E-state index < -0.39 is 0 Å². The van der Waals surface area contributed by atoms with Crippen molar-refractivity contribution in [3.8, 4) is 5.75 Å². The average molecular weight is 338 g/mol. The molecule has 25 heavy (non-hydrogen) atoms. The molecule has 4 nitrogen and oxygen atoms in total. The number of rotatable bonds is 6. The van der Waals surface area contributed by atoms with E-state index in [-0.39, 0.29) is 19.4 Å². The van der Waals surface area contributed by atoms with Crippen molar-refractivity contribution in [1.82, 2.24) is 10.3 Å². The summed E-state index contributed by atoms with van der Waals surface area (Å²) in [5.41, 5.74) is 2.95. The van der Waals surface area contributed by atoms with Gasteiger partial charge in [-0.05, 0) is 50.1 Å². The molecule has 0 fully saturated rings. The lowest BCUT2D eigenvalue weighted by molar-refractivity contribution is 0.0939. The maximum Gasteiger partial charge on any atom is 0.251 e. The predicted octanol–water partition coefficient (Wildman–Crippen LogP) is 4.56. The Morgan fingerprint density at radius 2 is 2.00 bits per heavy atom. The lowest BCUT2D eigenvalue weighted by Crippen LogP contribution is -2.34. The first kappa shape index (κ1) is 18.6. The van der Waals surface area contributed by atoms with Crippen LogP contribution in [-0.2, 0) is 6.42 Å². The van der Waals surface area contributed by atoms with Crippen LogP contribution in [0.4, 0.5) is 0 Å². The van der Waals surface area contributed by atoms with Gasteiger partial charge in [-0.3, -0.25) is 4.79 Å². The Morgan fingerprint density at radius 3 is 2.80 bits per heavy atom. The molecule has 0 saturated heterocycles. The van der Waals surface area contributed by atoms with Crippen LogP contribution in [0.15, 0.2) is 54.7 Å². The van der Waals surface area contributed by atoms with Gasteiger partial charge in [0.1, 0.15) is 5.75 Å². The fraction of sp³-hybridized carbons (Fsp3) is 0.286. The molecule has 0 spiro atoms. The Bertz CT molecular complexity index is 839. The molecule has 2 aromatic carbocycles. The van der Waals surface area contributed by atoms with Crippen LogP contribution in [-0.4, -0.2) is 23.5 Å². The Labute approximate surface area is 149 Å². The van der Waals surface area contributed by atoms with E-state index in [0.717, 1.165) is 17.7 Å². The van der Waals surface area contributed by atoms with E-state index in [2.05, 4.69) is 22.4 Å². The third kappa shape index (κ3) is 4.41. The maximum absolute atomic E-state index is 12.4.